The lowest BCUT2D eigenvalue weighted by Crippen LogP contribution is -2.39. The molecule has 5 heteroatoms. The average molecular weight is 280 g/mol. The maximum absolute atomic E-state index is 11.7. The highest BCUT2D eigenvalue weighted by Crippen LogP contribution is 2.05. The van der Waals surface area contributed by atoms with Crippen LogP contribution < -0.4 is 5.32 Å². The Hall–Kier alpha value is -1.46. The van der Waals surface area contributed by atoms with Crippen LogP contribution in [0.1, 0.15) is 12.5 Å². The first-order chi connectivity index (χ1) is 9.15. The SMILES string of the molecule is C=C(S)N(CC)C(=O)NCCOCc1ccccc1. The highest BCUT2D eigenvalue weighted by atomic mass is 32.1. The van der Waals surface area contributed by atoms with Crippen molar-refractivity contribution in [2.45, 2.75) is 13.5 Å². The lowest BCUT2D eigenvalue weighted by atomic mass is 10.2. The highest BCUT2D eigenvalue weighted by Gasteiger charge is 2.11. The van der Waals surface area contributed by atoms with Gasteiger partial charge >= 0.3 is 6.03 Å². The van der Waals surface area contributed by atoms with Gasteiger partial charge in [-0.3, -0.25) is 4.90 Å². The Morgan fingerprint density at radius 3 is 2.68 bits per heavy atom. The Balaban J connectivity index is 2.17. The molecule has 0 radical (unpaired) electrons. The second-order valence-corrected chi connectivity index (χ2v) is 4.45. The molecular formula is C14H20N2O2S. The first-order valence-corrected chi connectivity index (χ1v) is 6.64. The predicted octanol–water partition coefficient (Wildman–Crippen LogP) is 2.64. The number of thiol groups is 1. The molecule has 2 amide bonds. The molecule has 0 bridgehead atoms. The topological polar surface area (TPSA) is 41.6 Å². The van der Waals surface area contributed by atoms with Gasteiger partial charge in [0.25, 0.3) is 0 Å². The molecule has 0 fully saturated rings. The first-order valence-electron chi connectivity index (χ1n) is 6.20. The van der Waals surface area contributed by atoms with Crippen LogP contribution in [0.2, 0.25) is 0 Å². The van der Waals surface area contributed by atoms with Gasteiger partial charge in [0.1, 0.15) is 0 Å². The quantitative estimate of drug-likeness (QED) is 0.595. The smallest absolute Gasteiger partial charge is 0.322 e. The van der Waals surface area contributed by atoms with Gasteiger partial charge in [-0.05, 0) is 12.5 Å². The molecule has 0 aliphatic carbocycles. The maximum Gasteiger partial charge on any atom is 0.322 e. The second kappa shape index (κ2) is 8.61. The van der Waals surface area contributed by atoms with Gasteiger partial charge in [0.05, 0.1) is 18.2 Å². The predicted molar refractivity (Wildman–Crippen MR) is 80.0 cm³/mol. The van der Waals surface area contributed by atoms with Crippen LogP contribution in [0, 0.1) is 0 Å². The summed E-state index contributed by atoms with van der Waals surface area (Å²) in [5, 5.41) is 3.19. The van der Waals surface area contributed by atoms with E-state index in [0.717, 1.165) is 5.56 Å². The van der Waals surface area contributed by atoms with Gasteiger partial charge in [-0.1, -0.05) is 36.9 Å². The zero-order valence-corrected chi connectivity index (χ0v) is 12.0. The standard InChI is InChI=1S/C14H20N2O2S/c1-3-16(12(2)19)14(17)15-9-10-18-11-13-7-5-4-6-8-13/h4-8,19H,2-3,9-11H2,1H3,(H,15,17). The number of carbonyl (C=O) groups is 1. The van der Waals surface area contributed by atoms with Gasteiger partial charge in [-0.25, -0.2) is 4.79 Å². The Labute approximate surface area is 119 Å². The van der Waals surface area contributed by atoms with Crippen LogP contribution in [0.5, 0.6) is 0 Å². The van der Waals surface area contributed by atoms with Crippen molar-refractivity contribution in [3.63, 3.8) is 0 Å². The molecule has 0 heterocycles. The minimum atomic E-state index is -0.203. The minimum Gasteiger partial charge on any atom is -0.375 e. The molecule has 1 aromatic carbocycles. The van der Waals surface area contributed by atoms with E-state index >= 15 is 0 Å². The minimum absolute atomic E-state index is 0.203. The van der Waals surface area contributed by atoms with Gasteiger partial charge in [-0.15, -0.1) is 12.6 Å². The molecule has 1 N–H and O–H groups in total. The lowest BCUT2D eigenvalue weighted by molar-refractivity contribution is 0.122. The monoisotopic (exact) mass is 280 g/mol. The maximum atomic E-state index is 11.7. The van der Waals surface area contributed by atoms with E-state index in [2.05, 4.69) is 24.5 Å². The van der Waals surface area contributed by atoms with Crippen molar-refractivity contribution in [3.05, 3.63) is 47.5 Å². The van der Waals surface area contributed by atoms with E-state index in [-0.39, 0.29) is 6.03 Å². The number of nitrogens with zero attached hydrogens (tertiary/aromatic N) is 1. The molecule has 0 saturated carbocycles. The lowest BCUT2D eigenvalue weighted by Gasteiger charge is -2.20. The largest absolute Gasteiger partial charge is 0.375 e. The van der Waals surface area contributed by atoms with Crippen molar-refractivity contribution in [1.29, 1.82) is 0 Å². The molecule has 19 heavy (non-hydrogen) atoms. The summed E-state index contributed by atoms with van der Waals surface area (Å²) >= 11 is 4.06. The van der Waals surface area contributed by atoms with Crippen molar-refractivity contribution in [2.24, 2.45) is 0 Å². The summed E-state index contributed by atoms with van der Waals surface area (Å²) in [5.41, 5.74) is 1.12. The summed E-state index contributed by atoms with van der Waals surface area (Å²) in [7, 11) is 0. The van der Waals surface area contributed by atoms with Gasteiger partial charge < -0.3 is 10.1 Å². The third-order valence-corrected chi connectivity index (χ3v) is 2.75. The molecule has 0 aliphatic rings. The fourth-order valence-electron chi connectivity index (χ4n) is 1.53. The van der Waals surface area contributed by atoms with Crippen molar-refractivity contribution in [1.82, 2.24) is 10.2 Å². The Bertz CT molecular complexity index is 409. The molecule has 1 aromatic rings. The number of rotatable bonds is 7. The second-order valence-electron chi connectivity index (χ2n) is 3.93. The summed E-state index contributed by atoms with van der Waals surface area (Å²) in [6, 6.07) is 9.71. The zero-order chi connectivity index (χ0) is 14.1. The fraction of sp³-hybridized carbons (Fsp3) is 0.357. The molecule has 104 valence electrons. The normalized spacial score (nSPS) is 10.0. The van der Waals surface area contributed by atoms with E-state index in [1.54, 1.807) is 0 Å². The van der Waals surface area contributed by atoms with Crippen LogP contribution in [0.3, 0.4) is 0 Å². The van der Waals surface area contributed by atoms with Crippen LogP contribution in [0.15, 0.2) is 41.9 Å². The Kier molecular flexibility index (Phi) is 7.07. The third kappa shape index (κ3) is 5.81. The summed E-state index contributed by atoms with van der Waals surface area (Å²) in [6.07, 6.45) is 0. The summed E-state index contributed by atoms with van der Waals surface area (Å²) < 4.78 is 5.47. The van der Waals surface area contributed by atoms with E-state index in [0.29, 0.717) is 31.3 Å². The summed E-state index contributed by atoms with van der Waals surface area (Å²) in [5.74, 6) is 0. The van der Waals surface area contributed by atoms with Crippen LogP contribution >= 0.6 is 12.6 Å². The number of hydrogen-bond donors (Lipinski definition) is 2. The molecular weight excluding hydrogens is 260 g/mol. The third-order valence-electron chi connectivity index (χ3n) is 2.51. The molecule has 0 atom stereocenters. The van der Waals surface area contributed by atoms with Crippen LogP contribution in [0.4, 0.5) is 4.79 Å². The van der Waals surface area contributed by atoms with Crippen molar-refractivity contribution < 1.29 is 9.53 Å². The van der Waals surface area contributed by atoms with E-state index < -0.39 is 0 Å². The van der Waals surface area contributed by atoms with E-state index in [4.69, 9.17) is 4.74 Å². The molecule has 0 unspecified atom stereocenters. The van der Waals surface area contributed by atoms with E-state index in [9.17, 15) is 4.79 Å². The molecule has 0 saturated heterocycles. The number of carbonyl (C=O) groups excluding carboxylic acids is 1. The number of amides is 2. The number of urea groups is 1. The number of ether oxygens (including phenoxy) is 1. The van der Waals surface area contributed by atoms with Crippen LogP contribution in [-0.2, 0) is 11.3 Å². The summed E-state index contributed by atoms with van der Waals surface area (Å²) in [6.45, 7) is 7.52. The summed E-state index contributed by atoms with van der Waals surface area (Å²) in [4.78, 5) is 13.2. The number of benzene rings is 1. The molecule has 0 aliphatic heterocycles. The van der Waals surface area contributed by atoms with E-state index in [1.165, 1.54) is 4.90 Å². The first kappa shape index (κ1) is 15.6. The number of hydrogen-bond acceptors (Lipinski definition) is 3. The Morgan fingerprint density at radius 2 is 2.11 bits per heavy atom. The van der Waals surface area contributed by atoms with Crippen molar-refractivity contribution in [3.8, 4) is 0 Å². The molecule has 0 spiro atoms. The van der Waals surface area contributed by atoms with Crippen molar-refractivity contribution in [2.75, 3.05) is 19.7 Å². The van der Waals surface area contributed by atoms with Gasteiger partial charge in [0, 0.05) is 13.1 Å². The average Bonchev–Trinajstić information content (AvgIpc) is 2.40. The van der Waals surface area contributed by atoms with Crippen LogP contribution in [0.25, 0.3) is 0 Å². The van der Waals surface area contributed by atoms with Gasteiger partial charge in [0.2, 0.25) is 0 Å². The fourth-order valence-corrected chi connectivity index (χ4v) is 1.77. The van der Waals surface area contributed by atoms with Gasteiger partial charge in [0.15, 0.2) is 0 Å². The molecule has 1 rings (SSSR count). The Morgan fingerprint density at radius 1 is 1.42 bits per heavy atom. The zero-order valence-electron chi connectivity index (χ0n) is 11.1. The highest BCUT2D eigenvalue weighted by molar-refractivity contribution is 7.84. The molecule has 0 aromatic heterocycles. The van der Waals surface area contributed by atoms with Crippen molar-refractivity contribution >= 4 is 18.7 Å². The van der Waals surface area contributed by atoms with Gasteiger partial charge in [-0.2, -0.15) is 0 Å². The molecule has 4 nitrogen and oxygen atoms in total. The van der Waals surface area contributed by atoms with E-state index in [1.807, 2.05) is 37.3 Å². The van der Waals surface area contributed by atoms with Crippen LogP contribution in [-0.4, -0.2) is 30.6 Å². The number of nitrogens with one attached hydrogen (secondary N) is 1.